The summed E-state index contributed by atoms with van der Waals surface area (Å²) in [6.07, 6.45) is 0. The molecule has 23 heavy (non-hydrogen) atoms. The van der Waals surface area contributed by atoms with Crippen molar-refractivity contribution in [3.8, 4) is 0 Å². The van der Waals surface area contributed by atoms with Crippen LogP contribution in [0.1, 0.15) is 21.5 Å². The predicted molar refractivity (Wildman–Crippen MR) is 90.2 cm³/mol. The number of amides is 1. The van der Waals surface area contributed by atoms with Gasteiger partial charge in [-0.2, -0.15) is 0 Å². The minimum atomic E-state index is -3.89. The molecule has 0 aliphatic heterocycles. The van der Waals surface area contributed by atoms with E-state index in [4.69, 9.17) is 23.2 Å². The molecule has 8 heteroatoms. The summed E-state index contributed by atoms with van der Waals surface area (Å²) >= 11 is 11.7. The zero-order valence-corrected chi connectivity index (χ0v) is 14.7. The van der Waals surface area contributed by atoms with Gasteiger partial charge in [-0.3, -0.25) is 10.2 Å². The molecule has 1 amide bonds. The van der Waals surface area contributed by atoms with Gasteiger partial charge in [0, 0.05) is 5.02 Å². The fourth-order valence-electron chi connectivity index (χ4n) is 2.01. The second kappa shape index (κ2) is 6.88. The minimum absolute atomic E-state index is 0.0718. The molecule has 0 radical (unpaired) electrons. The highest BCUT2D eigenvalue weighted by Crippen LogP contribution is 2.20. The van der Waals surface area contributed by atoms with Crippen LogP contribution in [0.15, 0.2) is 41.3 Å². The monoisotopic (exact) mass is 372 g/mol. The highest BCUT2D eigenvalue weighted by molar-refractivity contribution is 7.89. The third kappa shape index (κ3) is 4.23. The molecular formula is C15H14Cl2N2O3S. The van der Waals surface area contributed by atoms with Gasteiger partial charge in [0.1, 0.15) is 0 Å². The first-order valence-corrected chi connectivity index (χ1v) is 8.79. The zero-order valence-electron chi connectivity index (χ0n) is 12.4. The van der Waals surface area contributed by atoms with E-state index in [1.165, 1.54) is 24.3 Å². The van der Waals surface area contributed by atoms with Crippen molar-refractivity contribution in [2.24, 2.45) is 0 Å². The predicted octanol–water partition coefficient (Wildman–Crippen LogP) is 3.23. The van der Waals surface area contributed by atoms with E-state index in [2.05, 4.69) is 10.3 Å². The van der Waals surface area contributed by atoms with Crippen molar-refractivity contribution in [3.63, 3.8) is 0 Å². The summed E-state index contributed by atoms with van der Waals surface area (Å²) in [4.78, 5) is 14.2. The average molecular weight is 373 g/mol. The van der Waals surface area contributed by atoms with Crippen molar-refractivity contribution >= 4 is 39.1 Å². The molecule has 0 aliphatic rings. The summed E-state index contributed by atoms with van der Waals surface area (Å²) in [5.41, 5.74) is 3.72. The molecule has 0 atom stereocenters. The maximum atomic E-state index is 12.3. The molecule has 0 bridgehead atoms. The highest BCUT2D eigenvalue weighted by Gasteiger charge is 2.19. The van der Waals surface area contributed by atoms with Crippen LogP contribution in [0.2, 0.25) is 10.0 Å². The van der Waals surface area contributed by atoms with Crippen LogP contribution in [-0.2, 0) is 10.0 Å². The Bertz CT molecular complexity index is 867. The molecule has 2 rings (SSSR count). The summed E-state index contributed by atoms with van der Waals surface area (Å²) in [6, 6.07) is 9.23. The van der Waals surface area contributed by atoms with E-state index in [1.807, 2.05) is 6.92 Å². The lowest BCUT2D eigenvalue weighted by Crippen LogP contribution is -2.41. The van der Waals surface area contributed by atoms with Crippen LogP contribution in [0.5, 0.6) is 0 Å². The van der Waals surface area contributed by atoms with E-state index in [-0.39, 0.29) is 15.5 Å². The lowest BCUT2D eigenvalue weighted by molar-refractivity contribution is 0.0945. The third-order valence-corrected chi connectivity index (χ3v) is 5.06. The van der Waals surface area contributed by atoms with E-state index in [0.29, 0.717) is 10.6 Å². The maximum absolute atomic E-state index is 12.3. The normalized spacial score (nSPS) is 11.3. The molecule has 2 aromatic carbocycles. The number of aryl methyl sites for hydroxylation is 2. The topological polar surface area (TPSA) is 75.3 Å². The summed E-state index contributed by atoms with van der Waals surface area (Å²) < 4.78 is 24.5. The van der Waals surface area contributed by atoms with Crippen LogP contribution in [0.25, 0.3) is 0 Å². The van der Waals surface area contributed by atoms with Gasteiger partial charge < -0.3 is 0 Å². The number of sulfonamides is 1. The van der Waals surface area contributed by atoms with Crippen LogP contribution in [-0.4, -0.2) is 14.3 Å². The standard InChI is InChI=1S/C15H14Cl2N2O3S/c1-9-3-6-14(10(2)7-9)23(21,22)19-18-15(20)12-8-11(16)4-5-13(12)17/h3-8,19H,1-2H3,(H,18,20). The Morgan fingerprint density at radius 3 is 2.39 bits per heavy atom. The fraction of sp³-hybridized carbons (Fsp3) is 0.133. The number of benzene rings is 2. The molecule has 0 heterocycles. The quantitative estimate of drug-likeness (QED) is 0.808. The molecule has 2 N–H and O–H groups in total. The molecule has 0 aromatic heterocycles. The van der Waals surface area contributed by atoms with E-state index in [0.717, 1.165) is 5.56 Å². The Labute approximate surface area is 144 Å². The minimum Gasteiger partial charge on any atom is -0.273 e. The SMILES string of the molecule is Cc1ccc(S(=O)(=O)NNC(=O)c2cc(Cl)ccc2Cl)c(C)c1. The molecule has 122 valence electrons. The number of rotatable bonds is 4. The number of hydrazine groups is 1. The molecule has 0 unspecified atom stereocenters. The third-order valence-electron chi connectivity index (χ3n) is 3.09. The van der Waals surface area contributed by atoms with Gasteiger partial charge in [0.25, 0.3) is 15.9 Å². The molecule has 0 saturated carbocycles. The molecular weight excluding hydrogens is 359 g/mol. The number of halogens is 2. The Hall–Kier alpha value is -1.60. The van der Waals surface area contributed by atoms with Crippen molar-refractivity contribution in [2.45, 2.75) is 18.7 Å². The van der Waals surface area contributed by atoms with Gasteiger partial charge >= 0.3 is 0 Å². The van der Waals surface area contributed by atoms with Crippen LogP contribution in [0.3, 0.4) is 0 Å². The number of hydrogen-bond acceptors (Lipinski definition) is 3. The van der Waals surface area contributed by atoms with Crippen molar-refractivity contribution < 1.29 is 13.2 Å². The summed E-state index contributed by atoms with van der Waals surface area (Å²) in [7, 11) is -3.89. The fourth-order valence-corrected chi connectivity index (χ4v) is 3.45. The number of nitrogens with one attached hydrogen (secondary N) is 2. The molecule has 2 aromatic rings. The summed E-state index contributed by atoms with van der Waals surface area (Å²) in [6.45, 7) is 3.54. The smallest absolute Gasteiger partial charge is 0.267 e. The molecule has 0 spiro atoms. The first-order valence-electron chi connectivity index (χ1n) is 6.55. The van der Waals surface area contributed by atoms with E-state index in [1.54, 1.807) is 19.1 Å². The van der Waals surface area contributed by atoms with Crippen molar-refractivity contribution in [2.75, 3.05) is 0 Å². The van der Waals surface area contributed by atoms with Crippen molar-refractivity contribution in [3.05, 3.63) is 63.1 Å². The van der Waals surface area contributed by atoms with Gasteiger partial charge in [-0.05, 0) is 43.7 Å². The Balaban J connectivity index is 2.19. The second-order valence-electron chi connectivity index (χ2n) is 4.95. The lowest BCUT2D eigenvalue weighted by atomic mass is 10.2. The van der Waals surface area contributed by atoms with Gasteiger partial charge in [0.15, 0.2) is 0 Å². The number of carbonyl (C=O) groups is 1. The number of hydrogen-bond donors (Lipinski definition) is 2. The molecule has 0 saturated heterocycles. The van der Waals surface area contributed by atoms with Crippen molar-refractivity contribution in [1.82, 2.24) is 10.3 Å². The van der Waals surface area contributed by atoms with E-state index in [9.17, 15) is 13.2 Å². The second-order valence-corrected chi connectivity index (χ2v) is 7.45. The molecule has 0 fully saturated rings. The molecule has 0 aliphatic carbocycles. The first kappa shape index (κ1) is 17.7. The van der Waals surface area contributed by atoms with Gasteiger partial charge in [-0.1, -0.05) is 40.9 Å². The van der Waals surface area contributed by atoms with E-state index < -0.39 is 15.9 Å². The van der Waals surface area contributed by atoms with Crippen LogP contribution >= 0.6 is 23.2 Å². The largest absolute Gasteiger partial charge is 0.273 e. The van der Waals surface area contributed by atoms with Crippen LogP contribution < -0.4 is 10.3 Å². The Kier molecular flexibility index (Phi) is 5.31. The average Bonchev–Trinajstić information content (AvgIpc) is 2.47. The van der Waals surface area contributed by atoms with E-state index >= 15 is 0 Å². The summed E-state index contributed by atoms with van der Waals surface area (Å²) in [5.74, 6) is -0.703. The van der Waals surface area contributed by atoms with Gasteiger partial charge in [-0.25, -0.2) is 8.42 Å². The van der Waals surface area contributed by atoms with Crippen molar-refractivity contribution in [1.29, 1.82) is 0 Å². The van der Waals surface area contributed by atoms with Crippen LogP contribution in [0.4, 0.5) is 0 Å². The Morgan fingerprint density at radius 2 is 1.74 bits per heavy atom. The molecule has 5 nitrogen and oxygen atoms in total. The van der Waals surface area contributed by atoms with Crippen LogP contribution in [0, 0.1) is 13.8 Å². The highest BCUT2D eigenvalue weighted by atomic mass is 35.5. The maximum Gasteiger partial charge on any atom is 0.267 e. The van der Waals surface area contributed by atoms with Gasteiger partial charge in [-0.15, -0.1) is 4.83 Å². The van der Waals surface area contributed by atoms with Gasteiger partial charge in [0.2, 0.25) is 0 Å². The Morgan fingerprint density at radius 1 is 1.04 bits per heavy atom. The zero-order chi connectivity index (χ0) is 17.2. The summed E-state index contributed by atoms with van der Waals surface area (Å²) in [5, 5.41) is 0.481. The lowest BCUT2D eigenvalue weighted by Gasteiger charge is -2.11. The van der Waals surface area contributed by atoms with Gasteiger partial charge in [0.05, 0.1) is 15.5 Å². The first-order chi connectivity index (χ1) is 10.7. The number of carbonyl (C=O) groups excluding carboxylic acids is 1.